The van der Waals surface area contributed by atoms with E-state index in [1.54, 1.807) is 0 Å². The highest BCUT2D eigenvalue weighted by molar-refractivity contribution is 6.17. The van der Waals surface area contributed by atoms with Gasteiger partial charge < -0.3 is 4.57 Å². The Kier molecular flexibility index (Phi) is 2.94. The fourth-order valence-electron chi connectivity index (χ4n) is 3.02. The summed E-state index contributed by atoms with van der Waals surface area (Å²) in [6, 6.07) is 25.4. The number of rotatable bonds is 2. The van der Waals surface area contributed by atoms with Crippen molar-refractivity contribution in [3.05, 3.63) is 78.4 Å². The van der Waals surface area contributed by atoms with Crippen molar-refractivity contribution in [3.8, 4) is 5.69 Å². The van der Waals surface area contributed by atoms with Crippen LogP contribution in [0.5, 0.6) is 0 Å². The second-order valence-corrected chi connectivity index (χ2v) is 5.40. The SMILES string of the molecule is ClCc1ccccc1-n1c2ccccc2c2ccccc21. The normalized spacial score (nSPS) is 11.3. The number of hydrogen-bond donors (Lipinski definition) is 0. The van der Waals surface area contributed by atoms with Crippen molar-refractivity contribution >= 4 is 33.4 Å². The zero-order valence-corrected chi connectivity index (χ0v) is 12.2. The van der Waals surface area contributed by atoms with Crippen LogP contribution in [0.3, 0.4) is 0 Å². The van der Waals surface area contributed by atoms with E-state index in [1.807, 2.05) is 6.07 Å². The molecule has 0 saturated carbocycles. The first-order valence-electron chi connectivity index (χ1n) is 7.02. The number of benzene rings is 3. The monoisotopic (exact) mass is 291 g/mol. The van der Waals surface area contributed by atoms with Gasteiger partial charge in [-0.1, -0.05) is 54.6 Å². The van der Waals surface area contributed by atoms with E-state index in [-0.39, 0.29) is 0 Å². The van der Waals surface area contributed by atoms with Crippen molar-refractivity contribution in [2.24, 2.45) is 0 Å². The molecule has 0 N–H and O–H groups in total. The summed E-state index contributed by atoms with van der Waals surface area (Å²) in [5.41, 5.74) is 4.74. The molecule has 0 unspecified atom stereocenters. The molecule has 21 heavy (non-hydrogen) atoms. The molecule has 3 aromatic carbocycles. The summed E-state index contributed by atoms with van der Waals surface area (Å²) in [6.07, 6.45) is 0. The number of halogens is 1. The molecule has 4 aromatic rings. The van der Waals surface area contributed by atoms with Gasteiger partial charge >= 0.3 is 0 Å². The van der Waals surface area contributed by atoms with E-state index in [9.17, 15) is 0 Å². The van der Waals surface area contributed by atoms with Gasteiger partial charge in [0.15, 0.2) is 0 Å². The molecule has 0 aliphatic rings. The van der Waals surface area contributed by atoms with Crippen LogP contribution in [0.2, 0.25) is 0 Å². The van der Waals surface area contributed by atoms with Gasteiger partial charge in [-0.15, -0.1) is 11.6 Å². The highest BCUT2D eigenvalue weighted by Gasteiger charge is 2.12. The minimum absolute atomic E-state index is 0.511. The Morgan fingerprint density at radius 3 is 1.81 bits per heavy atom. The quantitative estimate of drug-likeness (QED) is 0.428. The van der Waals surface area contributed by atoms with Crippen LogP contribution in [0, 0.1) is 0 Å². The van der Waals surface area contributed by atoms with Crippen LogP contribution < -0.4 is 0 Å². The van der Waals surface area contributed by atoms with Crippen LogP contribution in [-0.4, -0.2) is 4.57 Å². The van der Waals surface area contributed by atoms with Gasteiger partial charge in [-0.3, -0.25) is 0 Å². The van der Waals surface area contributed by atoms with Crippen LogP contribution >= 0.6 is 11.6 Å². The minimum Gasteiger partial charge on any atom is -0.309 e. The number of hydrogen-bond acceptors (Lipinski definition) is 0. The van der Waals surface area contributed by atoms with Crippen molar-refractivity contribution < 1.29 is 0 Å². The van der Waals surface area contributed by atoms with E-state index >= 15 is 0 Å². The first-order chi connectivity index (χ1) is 10.4. The lowest BCUT2D eigenvalue weighted by molar-refractivity contribution is 1.14. The zero-order chi connectivity index (χ0) is 14.2. The third-order valence-corrected chi connectivity index (χ3v) is 4.24. The van der Waals surface area contributed by atoms with Crippen molar-refractivity contribution in [3.63, 3.8) is 0 Å². The molecule has 0 saturated heterocycles. The summed E-state index contributed by atoms with van der Waals surface area (Å²) in [4.78, 5) is 0. The molecule has 0 atom stereocenters. The predicted molar refractivity (Wildman–Crippen MR) is 90.3 cm³/mol. The van der Waals surface area contributed by atoms with Crippen molar-refractivity contribution in [1.82, 2.24) is 4.57 Å². The van der Waals surface area contributed by atoms with E-state index in [1.165, 1.54) is 21.8 Å². The Morgan fingerprint density at radius 1 is 0.667 bits per heavy atom. The molecule has 1 aromatic heterocycles. The van der Waals surface area contributed by atoms with E-state index < -0.39 is 0 Å². The second kappa shape index (κ2) is 4.94. The number of aromatic nitrogens is 1. The van der Waals surface area contributed by atoms with Crippen LogP contribution in [0.15, 0.2) is 72.8 Å². The third-order valence-electron chi connectivity index (χ3n) is 3.96. The fraction of sp³-hybridized carbons (Fsp3) is 0.0526. The Balaban J connectivity index is 2.20. The molecule has 1 heterocycles. The number of fused-ring (bicyclic) bond motifs is 3. The largest absolute Gasteiger partial charge is 0.309 e. The second-order valence-electron chi connectivity index (χ2n) is 5.13. The lowest BCUT2D eigenvalue weighted by Crippen LogP contribution is -1.97. The molecule has 0 aliphatic carbocycles. The molecule has 0 aliphatic heterocycles. The first kappa shape index (κ1) is 12.5. The summed E-state index contributed by atoms with van der Waals surface area (Å²) in [5, 5.41) is 2.55. The van der Waals surface area contributed by atoms with Crippen LogP contribution in [0.4, 0.5) is 0 Å². The molecule has 0 fully saturated rings. The molecule has 0 spiro atoms. The van der Waals surface area contributed by atoms with Gasteiger partial charge in [-0.05, 0) is 23.8 Å². The topological polar surface area (TPSA) is 4.93 Å². The molecular weight excluding hydrogens is 278 g/mol. The summed E-state index contributed by atoms with van der Waals surface area (Å²) in [7, 11) is 0. The van der Waals surface area contributed by atoms with E-state index in [4.69, 9.17) is 11.6 Å². The summed E-state index contributed by atoms with van der Waals surface area (Å²) >= 11 is 6.14. The third kappa shape index (κ3) is 1.85. The van der Waals surface area contributed by atoms with E-state index in [0.717, 1.165) is 11.3 Å². The maximum absolute atomic E-state index is 6.14. The van der Waals surface area contributed by atoms with Crippen molar-refractivity contribution in [2.45, 2.75) is 5.88 Å². The number of alkyl halides is 1. The van der Waals surface area contributed by atoms with Crippen LogP contribution in [0.1, 0.15) is 5.56 Å². The Hall–Kier alpha value is -2.25. The number of nitrogens with zero attached hydrogens (tertiary/aromatic N) is 1. The van der Waals surface area contributed by atoms with Gasteiger partial charge in [0.25, 0.3) is 0 Å². The average Bonchev–Trinajstić information content (AvgIpc) is 2.89. The Labute approximate surface area is 128 Å². The standard InChI is InChI=1S/C19H14ClN/c20-13-14-7-1-4-10-17(14)21-18-11-5-2-8-15(18)16-9-3-6-12-19(16)21/h1-12H,13H2. The van der Waals surface area contributed by atoms with Gasteiger partial charge in [0.1, 0.15) is 0 Å². The van der Waals surface area contributed by atoms with Crippen LogP contribution in [0.25, 0.3) is 27.5 Å². The maximum atomic E-state index is 6.14. The smallest absolute Gasteiger partial charge is 0.0541 e. The summed E-state index contributed by atoms with van der Waals surface area (Å²) in [5.74, 6) is 0.511. The zero-order valence-electron chi connectivity index (χ0n) is 11.5. The molecule has 0 amide bonds. The summed E-state index contributed by atoms with van der Waals surface area (Å²) < 4.78 is 2.31. The molecule has 0 bridgehead atoms. The van der Waals surface area contributed by atoms with Gasteiger partial charge in [0, 0.05) is 16.7 Å². The van der Waals surface area contributed by atoms with E-state index in [2.05, 4.69) is 71.3 Å². The predicted octanol–water partition coefficient (Wildman–Crippen LogP) is 5.52. The molecule has 1 nitrogen and oxygen atoms in total. The van der Waals surface area contributed by atoms with Crippen molar-refractivity contribution in [2.75, 3.05) is 0 Å². The molecular formula is C19H14ClN. The Morgan fingerprint density at radius 2 is 1.19 bits per heavy atom. The molecule has 2 heteroatoms. The van der Waals surface area contributed by atoms with Crippen molar-refractivity contribution in [1.29, 1.82) is 0 Å². The maximum Gasteiger partial charge on any atom is 0.0541 e. The number of para-hydroxylation sites is 3. The fourth-order valence-corrected chi connectivity index (χ4v) is 3.25. The lowest BCUT2D eigenvalue weighted by atomic mass is 10.2. The lowest BCUT2D eigenvalue weighted by Gasteiger charge is -2.11. The van der Waals surface area contributed by atoms with Gasteiger partial charge in [0.05, 0.1) is 16.7 Å². The van der Waals surface area contributed by atoms with E-state index in [0.29, 0.717) is 5.88 Å². The van der Waals surface area contributed by atoms with Gasteiger partial charge in [-0.25, -0.2) is 0 Å². The van der Waals surface area contributed by atoms with Crippen LogP contribution in [-0.2, 0) is 5.88 Å². The highest BCUT2D eigenvalue weighted by Crippen LogP contribution is 2.32. The van der Waals surface area contributed by atoms with Gasteiger partial charge in [-0.2, -0.15) is 0 Å². The molecule has 102 valence electrons. The Bertz CT molecular complexity index is 883. The molecule has 0 radical (unpaired) electrons. The highest BCUT2D eigenvalue weighted by atomic mass is 35.5. The first-order valence-corrected chi connectivity index (χ1v) is 7.56. The average molecular weight is 292 g/mol. The summed E-state index contributed by atoms with van der Waals surface area (Å²) in [6.45, 7) is 0. The van der Waals surface area contributed by atoms with Gasteiger partial charge in [0.2, 0.25) is 0 Å². The minimum atomic E-state index is 0.511. The molecule has 4 rings (SSSR count).